The molecule has 25 heavy (non-hydrogen) atoms. The molecule has 1 N–H and O–H groups in total. The topological polar surface area (TPSA) is 38.3 Å². The van der Waals surface area contributed by atoms with Gasteiger partial charge in [0.15, 0.2) is 0 Å². The molecule has 1 aliphatic heterocycles. The number of carbonyl (C=O) groups excluding carboxylic acids is 1. The normalized spacial score (nSPS) is 23.6. The van der Waals surface area contributed by atoms with Crippen molar-refractivity contribution in [2.24, 2.45) is 5.92 Å². The standard InChI is InChI=1S/C20H17ClFNO2/c1-25-20(24)15-8-9-16(21)19-17(15)13-6-3-7-14(13)18(23-19)11-4-2-5-12(22)10-11/h2-6,8-10,13-14,18,23H,7H2,1H3/t13-,14+,18-/m0/s1. The number of anilines is 1. The molecule has 0 amide bonds. The second-order valence-electron chi connectivity index (χ2n) is 6.41. The van der Waals surface area contributed by atoms with Gasteiger partial charge in [-0.05, 0) is 47.7 Å². The summed E-state index contributed by atoms with van der Waals surface area (Å²) >= 11 is 6.42. The maximum Gasteiger partial charge on any atom is 0.338 e. The first kappa shape index (κ1) is 16.2. The van der Waals surface area contributed by atoms with Crippen molar-refractivity contribution >= 4 is 23.3 Å². The monoisotopic (exact) mass is 357 g/mol. The Morgan fingerprint density at radius 3 is 2.92 bits per heavy atom. The van der Waals surface area contributed by atoms with Gasteiger partial charge in [-0.25, -0.2) is 9.18 Å². The van der Waals surface area contributed by atoms with Gasteiger partial charge in [-0.15, -0.1) is 0 Å². The van der Waals surface area contributed by atoms with Crippen molar-refractivity contribution in [3.8, 4) is 0 Å². The minimum absolute atomic E-state index is 0.0392. The summed E-state index contributed by atoms with van der Waals surface area (Å²) in [5, 5.41) is 4.00. The van der Waals surface area contributed by atoms with Gasteiger partial charge in [0, 0.05) is 5.92 Å². The second-order valence-corrected chi connectivity index (χ2v) is 6.81. The lowest BCUT2D eigenvalue weighted by molar-refractivity contribution is 0.0598. The number of nitrogens with one attached hydrogen (secondary N) is 1. The zero-order chi connectivity index (χ0) is 17.6. The summed E-state index contributed by atoms with van der Waals surface area (Å²) in [6.45, 7) is 0. The van der Waals surface area contributed by atoms with E-state index in [1.54, 1.807) is 24.3 Å². The molecule has 0 bridgehead atoms. The summed E-state index contributed by atoms with van der Waals surface area (Å²) in [5.41, 5.74) is 3.00. The molecule has 5 heteroatoms. The maximum absolute atomic E-state index is 13.7. The van der Waals surface area contributed by atoms with Crippen LogP contribution < -0.4 is 5.32 Å². The Morgan fingerprint density at radius 1 is 1.32 bits per heavy atom. The average molecular weight is 358 g/mol. The molecule has 2 aromatic carbocycles. The Morgan fingerprint density at radius 2 is 2.16 bits per heavy atom. The van der Waals surface area contributed by atoms with Crippen LogP contribution in [0.25, 0.3) is 0 Å². The Kier molecular flexibility index (Phi) is 4.00. The average Bonchev–Trinajstić information content (AvgIpc) is 3.10. The van der Waals surface area contributed by atoms with E-state index in [4.69, 9.17) is 16.3 Å². The fourth-order valence-electron chi connectivity index (χ4n) is 3.99. The second kappa shape index (κ2) is 6.19. The zero-order valence-corrected chi connectivity index (χ0v) is 14.4. The van der Waals surface area contributed by atoms with Crippen LogP contribution in [-0.4, -0.2) is 13.1 Å². The molecule has 1 aliphatic carbocycles. The van der Waals surface area contributed by atoms with Crippen LogP contribution in [0.3, 0.4) is 0 Å². The lowest BCUT2D eigenvalue weighted by Crippen LogP contribution is -2.30. The van der Waals surface area contributed by atoms with E-state index in [0.717, 1.165) is 23.2 Å². The van der Waals surface area contributed by atoms with Crippen molar-refractivity contribution in [3.63, 3.8) is 0 Å². The molecule has 3 atom stereocenters. The van der Waals surface area contributed by atoms with E-state index >= 15 is 0 Å². The number of rotatable bonds is 2. The molecule has 0 radical (unpaired) electrons. The van der Waals surface area contributed by atoms with Gasteiger partial charge in [-0.2, -0.15) is 0 Å². The number of carbonyl (C=O) groups is 1. The summed E-state index contributed by atoms with van der Waals surface area (Å²) in [5.74, 6) is -0.409. The Bertz CT molecular complexity index is 880. The molecule has 0 unspecified atom stereocenters. The third-order valence-corrected chi connectivity index (χ3v) is 5.40. The molecular weight excluding hydrogens is 341 g/mol. The van der Waals surface area contributed by atoms with Gasteiger partial charge in [0.05, 0.1) is 29.4 Å². The lowest BCUT2D eigenvalue weighted by atomic mass is 9.75. The van der Waals surface area contributed by atoms with E-state index in [1.807, 2.05) is 6.07 Å². The Balaban J connectivity index is 1.87. The fourth-order valence-corrected chi connectivity index (χ4v) is 4.21. The van der Waals surface area contributed by atoms with Crippen LogP contribution in [-0.2, 0) is 4.74 Å². The highest BCUT2D eigenvalue weighted by Gasteiger charge is 2.41. The zero-order valence-electron chi connectivity index (χ0n) is 13.6. The van der Waals surface area contributed by atoms with Crippen molar-refractivity contribution in [1.82, 2.24) is 0 Å². The van der Waals surface area contributed by atoms with Gasteiger partial charge in [0.1, 0.15) is 5.82 Å². The predicted molar refractivity (Wildman–Crippen MR) is 95.5 cm³/mol. The molecule has 3 nitrogen and oxygen atoms in total. The summed E-state index contributed by atoms with van der Waals surface area (Å²) < 4.78 is 18.7. The summed E-state index contributed by atoms with van der Waals surface area (Å²) in [7, 11) is 1.37. The molecule has 0 saturated carbocycles. The number of hydrogen-bond donors (Lipinski definition) is 1. The summed E-state index contributed by atoms with van der Waals surface area (Å²) in [6, 6.07) is 9.95. The molecule has 1 heterocycles. The lowest BCUT2D eigenvalue weighted by Gasteiger charge is -2.38. The van der Waals surface area contributed by atoms with Gasteiger partial charge in [0.25, 0.3) is 0 Å². The first-order valence-electron chi connectivity index (χ1n) is 8.19. The van der Waals surface area contributed by atoms with E-state index in [9.17, 15) is 9.18 Å². The van der Waals surface area contributed by atoms with Crippen LogP contribution >= 0.6 is 11.6 Å². The Labute approximate surface area is 150 Å². The number of benzene rings is 2. The molecule has 0 fully saturated rings. The van der Waals surface area contributed by atoms with Crippen LogP contribution in [0.2, 0.25) is 5.02 Å². The molecule has 2 aromatic rings. The SMILES string of the molecule is COC(=O)c1ccc(Cl)c2c1[C@H]1C=CC[C@H]1[C@H](c1cccc(F)c1)N2. The number of allylic oxidation sites excluding steroid dienone is 2. The summed E-state index contributed by atoms with van der Waals surface area (Å²) in [4.78, 5) is 12.2. The van der Waals surface area contributed by atoms with Crippen molar-refractivity contribution in [2.45, 2.75) is 18.4 Å². The van der Waals surface area contributed by atoms with E-state index in [2.05, 4.69) is 17.5 Å². The molecule has 128 valence electrons. The molecule has 0 aromatic heterocycles. The first-order chi connectivity index (χ1) is 12.1. The van der Waals surface area contributed by atoms with Gasteiger partial charge < -0.3 is 10.1 Å². The predicted octanol–water partition coefficient (Wildman–Crippen LogP) is 5.09. The van der Waals surface area contributed by atoms with Crippen LogP contribution in [0.15, 0.2) is 48.6 Å². The number of esters is 1. The molecule has 0 spiro atoms. The summed E-state index contributed by atoms with van der Waals surface area (Å²) in [6.07, 6.45) is 5.07. The van der Waals surface area contributed by atoms with Crippen LogP contribution in [0.1, 0.15) is 39.9 Å². The minimum Gasteiger partial charge on any atom is -0.465 e. The highest BCUT2D eigenvalue weighted by Crippen LogP contribution is 2.52. The van der Waals surface area contributed by atoms with Crippen molar-refractivity contribution in [2.75, 3.05) is 12.4 Å². The van der Waals surface area contributed by atoms with Gasteiger partial charge in [0.2, 0.25) is 0 Å². The molecular formula is C20H17ClFNO2. The number of ether oxygens (including phenoxy) is 1. The maximum atomic E-state index is 13.7. The first-order valence-corrected chi connectivity index (χ1v) is 8.57. The third-order valence-electron chi connectivity index (χ3n) is 5.08. The van der Waals surface area contributed by atoms with E-state index in [-0.39, 0.29) is 29.7 Å². The van der Waals surface area contributed by atoms with Crippen LogP contribution in [0.5, 0.6) is 0 Å². The van der Waals surface area contributed by atoms with Crippen molar-refractivity contribution in [3.05, 3.63) is 76.1 Å². The third kappa shape index (κ3) is 2.61. The number of fused-ring (bicyclic) bond motifs is 3. The number of hydrogen-bond acceptors (Lipinski definition) is 3. The molecule has 0 saturated heterocycles. The van der Waals surface area contributed by atoms with E-state index in [0.29, 0.717) is 10.6 Å². The molecule has 4 rings (SSSR count). The number of halogens is 2. The van der Waals surface area contributed by atoms with E-state index in [1.165, 1.54) is 13.2 Å². The quantitative estimate of drug-likeness (QED) is 0.600. The van der Waals surface area contributed by atoms with E-state index < -0.39 is 0 Å². The van der Waals surface area contributed by atoms with Crippen LogP contribution in [0, 0.1) is 11.7 Å². The van der Waals surface area contributed by atoms with Gasteiger partial charge >= 0.3 is 5.97 Å². The minimum atomic E-state index is -0.377. The smallest absolute Gasteiger partial charge is 0.338 e. The van der Waals surface area contributed by atoms with Crippen molar-refractivity contribution in [1.29, 1.82) is 0 Å². The Hall–Kier alpha value is -2.33. The van der Waals surface area contributed by atoms with Crippen molar-refractivity contribution < 1.29 is 13.9 Å². The van der Waals surface area contributed by atoms with Crippen LogP contribution in [0.4, 0.5) is 10.1 Å². The highest BCUT2D eigenvalue weighted by molar-refractivity contribution is 6.33. The fraction of sp³-hybridized carbons (Fsp3) is 0.250. The van der Waals surface area contributed by atoms with Gasteiger partial charge in [-0.1, -0.05) is 35.9 Å². The number of methoxy groups -OCH3 is 1. The largest absolute Gasteiger partial charge is 0.465 e. The highest BCUT2D eigenvalue weighted by atomic mass is 35.5. The molecule has 2 aliphatic rings. The van der Waals surface area contributed by atoms with Gasteiger partial charge in [-0.3, -0.25) is 0 Å².